The number of hydrogen-bond acceptors (Lipinski definition) is 2. The van der Waals surface area contributed by atoms with Crippen LogP contribution in [0.25, 0.3) is 0 Å². The number of carbonyl (C=O) groups is 2. The molecule has 2 amide bonds. The molecule has 2 fully saturated rings. The molecule has 3 rings (SSSR count). The third-order valence-corrected chi connectivity index (χ3v) is 4.69. The second-order valence-corrected chi connectivity index (χ2v) is 6.44. The number of benzene rings is 1. The monoisotopic (exact) mass is 337 g/mol. The molecule has 2 aliphatic heterocycles. The maximum atomic E-state index is 12.6. The Morgan fingerprint density at radius 2 is 1.90 bits per heavy atom. The number of anilines is 1. The molecular formula is C15H18BrN2O2+. The van der Waals surface area contributed by atoms with Crippen LogP contribution in [0.5, 0.6) is 0 Å². The lowest BCUT2D eigenvalue weighted by Crippen LogP contribution is -3.17. The first-order chi connectivity index (χ1) is 9.66. The number of amides is 2. The van der Waals surface area contributed by atoms with Crippen LogP contribution in [0.2, 0.25) is 0 Å². The van der Waals surface area contributed by atoms with E-state index in [1.807, 2.05) is 24.3 Å². The quantitative estimate of drug-likeness (QED) is 0.822. The largest absolute Gasteiger partial charge is 0.324 e. The second kappa shape index (κ2) is 5.66. The van der Waals surface area contributed by atoms with Crippen LogP contribution in [0.4, 0.5) is 5.69 Å². The molecule has 2 aliphatic rings. The van der Waals surface area contributed by atoms with Crippen molar-refractivity contribution in [3.8, 4) is 0 Å². The number of quaternary nitrogens is 1. The number of nitrogens with one attached hydrogen (secondary N) is 1. The number of piperidine rings is 1. The van der Waals surface area contributed by atoms with Gasteiger partial charge >= 0.3 is 0 Å². The molecule has 0 unspecified atom stereocenters. The molecule has 2 saturated heterocycles. The van der Waals surface area contributed by atoms with Gasteiger partial charge < -0.3 is 4.90 Å². The lowest BCUT2D eigenvalue weighted by Gasteiger charge is -2.27. The Hall–Kier alpha value is -1.20. The number of halogens is 1. The molecule has 0 aliphatic carbocycles. The average molecular weight is 338 g/mol. The van der Waals surface area contributed by atoms with E-state index in [1.165, 1.54) is 16.2 Å². The Balaban J connectivity index is 1.83. The van der Waals surface area contributed by atoms with Gasteiger partial charge in [-0.25, -0.2) is 4.90 Å². The fourth-order valence-electron chi connectivity index (χ4n) is 3.19. The van der Waals surface area contributed by atoms with Crippen LogP contribution in [0.1, 0.15) is 25.7 Å². The molecule has 20 heavy (non-hydrogen) atoms. The van der Waals surface area contributed by atoms with E-state index in [4.69, 9.17) is 0 Å². The summed E-state index contributed by atoms with van der Waals surface area (Å²) in [5, 5.41) is 0. The van der Waals surface area contributed by atoms with Crippen molar-refractivity contribution in [2.24, 2.45) is 0 Å². The minimum absolute atomic E-state index is 0.0370. The average Bonchev–Trinajstić information content (AvgIpc) is 2.75. The first-order valence-corrected chi connectivity index (χ1v) is 7.93. The zero-order chi connectivity index (χ0) is 14.1. The minimum Gasteiger partial charge on any atom is -0.324 e. The van der Waals surface area contributed by atoms with Crippen molar-refractivity contribution in [2.45, 2.75) is 31.7 Å². The lowest BCUT2D eigenvalue weighted by atomic mass is 10.1. The molecule has 0 saturated carbocycles. The van der Waals surface area contributed by atoms with E-state index in [2.05, 4.69) is 15.9 Å². The number of likely N-dealkylation sites (tertiary alicyclic amines) is 1. The predicted octanol–water partition coefficient (Wildman–Crippen LogP) is 1.15. The highest BCUT2D eigenvalue weighted by Gasteiger charge is 2.45. The van der Waals surface area contributed by atoms with Crippen molar-refractivity contribution in [3.63, 3.8) is 0 Å². The lowest BCUT2D eigenvalue weighted by molar-refractivity contribution is -0.919. The Bertz CT molecular complexity index is 540. The number of hydrogen-bond donors (Lipinski definition) is 1. The minimum atomic E-state index is -0.179. The van der Waals surface area contributed by atoms with Crippen LogP contribution in [0, 0.1) is 0 Å². The van der Waals surface area contributed by atoms with E-state index in [0.29, 0.717) is 12.1 Å². The maximum Gasteiger partial charge on any atom is 0.292 e. The van der Waals surface area contributed by atoms with E-state index in [0.717, 1.165) is 30.4 Å². The van der Waals surface area contributed by atoms with Crippen molar-refractivity contribution in [3.05, 3.63) is 28.7 Å². The normalized spacial score (nSPS) is 24.4. The molecule has 1 aromatic carbocycles. The molecule has 1 atom stereocenters. The van der Waals surface area contributed by atoms with E-state index >= 15 is 0 Å². The molecule has 0 radical (unpaired) electrons. The van der Waals surface area contributed by atoms with Gasteiger partial charge in [0, 0.05) is 4.47 Å². The first-order valence-electron chi connectivity index (χ1n) is 7.14. The van der Waals surface area contributed by atoms with Crippen LogP contribution >= 0.6 is 15.9 Å². The molecule has 1 N–H and O–H groups in total. The number of imide groups is 1. The van der Waals surface area contributed by atoms with Gasteiger partial charge in [-0.15, -0.1) is 0 Å². The highest BCUT2D eigenvalue weighted by Crippen LogP contribution is 2.25. The molecule has 5 heteroatoms. The number of carbonyl (C=O) groups excluding carboxylic acids is 2. The maximum absolute atomic E-state index is 12.6. The van der Waals surface area contributed by atoms with Gasteiger partial charge in [-0.3, -0.25) is 9.59 Å². The Morgan fingerprint density at radius 1 is 1.15 bits per heavy atom. The second-order valence-electron chi connectivity index (χ2n) is 5.52. The van der Waals surface area contributed by atoms with E-state index in [-0.39, 0.29) is 17.9 Å². The Kier molecular flexibility index (Phi) is 3.89. The molecule has 2 heterocycles. The molecule has 106 valence electrons. The highest BCUT2D eigenvalue weighted by atomic mass is 79.9. The van der Waals surface area contributed by atoms with Crippen LogP contribution in [-0.4, -0.2) is 30.9 Å². The summed E-state index contributed by atoms with van der Waals surface area (Å²) in [6.45, 7) is 2.02. The summed E-state index contributed by atoms with van der Waals surface area (Å²) in [6, 6.07) is 7.20. The molecule has 1 aromatic rings. The van der Waals surface area contributed by atoms with Crippen molar-refractivity contribution in [1.29, 1.82) is 0 Å². The molecule has 0 spiro atoms. The third kappa shape index (κ3) is 2.52. The topological polar surface area (TPSA) is 41.8 Å². The standard InChI is InChI=1S/C15H17BrN2O2/c16-11-5-4-6-12(9-11)18-14(19)10-13(15(18)20)17-7-2-1-3-8-17/h4-6,9,13H,1-3,7-8,10H2/p+1/t13-/m0/s1. The number of rotatable bonds is 2. The number of nitrogens with zero attached hydrogens (tertiary/aromatic N) is 1. The van der Waals surface area contributed by atoms with Crippen molar-refractivity contribution < 1.29 is 14.5 Å². The first kappa shape index (κ1) is 13.8. The van der Waals surface area contributed by atoms with E-state index in [1.54, 1.807) is 0 Å². The third-order valence-electron chi connectivity index (χ3n) is 4.20. The SMILES string of the molecule is O=C1C[C@H]([NH+]2CCCCC2)C(=O)N1c1cccc(Br)c1. The van der Waals surface area contributed by atoms with Gasteiger partial charge in [0.1, 0.15) is 0 Å². The van der Waals surface area contributed by atoms with Gasteiger partial charge in [0.05, 0.1) is 25.2 Å². The summed E-state index contributed by atoms with van der Waals surface area (Å²) in [4.78, 5) is 27.5. The Morgan fingerprint density at radius 3 is 2.60 bits per heavy atom. The van der Waals surface area contributed by atoms with Crippen molar-refractivity contribution in [1.82, 2.24) is 0 Å². The zero-order valence-electron chi connectivity index (χ0n) is 11.3. The van der Waals surface area contributed by atoms with Crippen LogP contribution in [0.15, 0.2) is 28.7 Å². The molecule has 4 nitrogen and oxygen atoms in total. The predicted molar refractivity (Wildman–Crippen MR) is 79.6 cm³/mol. The summed E-state index contributed by atoms with van der Waals surface area (Å²) >= 11 is 3.39. The van der Waals surface area contributed by atoms with Crippen molar-refractivity contribution in [2.75, 3.05) is 18.0 Å². The summed E-state index contributed by atoms with van der Waals surface area (Å²) in [6.07, 6.45) is 3.91. The summed E-state index contributed by atoms with van der Waals surface area (Å²) in [5.74, 6) is -0.110. The van der Waals surface area contributed by atoms with E-state index in [9.17, 15) is 9.59 Å². The Labute approximate surface area is 126 Å². The fourth-order valence-corrected chi connectivity index (χ4v) is 3.58. The molecule has 0 aromatic heterocycles. The zero-order valence-corrected chi connectivity index (χ0v) is 12.9. The van der Waals surface area contributed by atoms with Gasteiger partial charge in [-0.2, -0.15) is 0 Å². The summed E-state index contributed by atoms with van der Waals surface area (Å²) < 4.78 is 0.879. The van der Waals surface area contributed by atoms with Crippen LogP contribution in [-0.2, 0) is 9.59 Å². The smallest absolute Gasteiger partial charge is 0.292 e. The fraction of sp³-hybridized carbons (Fsp3) is 0.467. The molecule has 0 bridgehead atoms. The van der Waals surface area contributed by atoms with Crippen LogP contribution < -0.4 is 9.80 Å². The van der Waals surface area contributed by atoms with E-state index < -0.39 is 0 Å². The van der Waals surface area contributed by atoms with Gasteiger partial charge in [0.15, 0.2) is 6.04 Å². The van der Waals surface area contributed by atoms with Crippen LogP contribution in [0.3, 0.4) is 0 Å². The molecular weight excluding hydrogens is 320 g/mol. The van der Waals surface area contributed by atoms with Gasteiger partial charge in [0.2, 0.25) is 5.91 Å². The van der Waals surface area contributed by atoms with Gasteiger partial charge in [-0.1, -0.05) is 22.0 Å². The summed E-state index contributed by atoms with van der Waals surface area (Å²) in [5.41, 5.74) is 0.674. The summed E-state index contributed by atoms with van der Waals surface area (Å²) in [7, 11) is 0. The van der Waals surface area contributed by atoms with Gasteiger partial charge in [0.25, 0.3) is 5.91 Å². The van der Waals surface area contributed by atoms with Gasteiger partial charge in [-0.05, 0) is 37.5 Å². The van der Waals surface area contributed by atoms with Crippen molar-refractivity contribution >= 4 is 33.4 Å². The highest BCUT2D eigenvalue weighted by molar-refractivity contribution is 9.10.